The van der Waals surface area contributed by atoms with Gasteiger partial charge in [0.1, 0.15) is 0 Å². The van der Waals surface area contributed by atoms with E-state index in [4.69, 9.17) is 5.73 Å². The lowest BCUT2D eigenvalue weighted by Gasteiger charge is -2.07. The molecule has 0 fully saturated rings. The fourth-order valence-corrected chi connectivity index (χ4v) is 2.49. The molecular formula is C11H16N4S. The van der Waals surface area contributed by atoms with Crippen molar-refractivity contribution in [1.29, 1.82) is 0 Å². The number of hydrogen-bond acceptors (Lipinski definition) is 4. The van der Waals surface area contributed by atoms with Gasteiger partial charge in [0.05, 0.1) is 11.4 Å². The lowest BCUT2D eigenvalue weighted by molar-refractivity contribution is 0.516. The first-order valence-electron chi connectivity index (χ1n) is 5.27. The van der Waals surface area contributed by atoms with Gasteiger partial charge in [-0.25, -0.2) is 4.98 Å². The standard InChI is InChI=1S/C11H16N4S/c1-6(2)15-8(4)10(7(3)14-15)9-5-16-11(12)13-9/h5-6H,1-4H3,(H2,12,13). The lowest BCUT2D eigenvalue weighted by Crippen LogP contribution is -2.04. The Bertz CT molecular complexity index is 510. The molecule has 0 saturated carbocycles. The molecule has 0 aliphatic heterocycles. The molecule has 5 heteroatoms. The summed E-state index contributed by atoms with van der Waals surface area (Å²) in [7, 11) is 0. The maximum Gasteiger partial charge on any atom is 0.180 e. The Kier molecular flexibility index (Phi) is 2.71. The van der Waals surface area contributed by atoms with E-state index in [-0.39, 0.29) is 0 Å². The summed E-state index contributed by atoms with van der Waals surface area (Å²) in [5, 5.41) is 7.12. The summed E-state index contributed by atoms with van der Waals surface area (Å²) in [5.74, 6) is 0. The van der Waals surface area contributed by atoms with Gasteiger partial charge < -0.3 is 5.73 Å². The van der Waals surface area contributed by atoms with Crippen molar-refractivity contribution >= 4 is 16.5 Å². The molecule has 0 bridgehead atoms. The van der Waals surface area contributed by atoms with E-state index < -0.39 is 0 Å². The first-order valence-corrected chi connectivity index (χ1v) is 6.15. The summed E-state index contributed by atoms with van der Waals surface area (Å²) in [5.41, 5.74) is 9.87. The molecule has 0 aliphatic rings. The van der Waals surface area contributed by atoms with Gasteiger partial charge in [-0.05, 0) is 27.7 Å². The van der Waals surface area contributed by atoms with Crippen LogP contribution in [0, 0.1) is 13.8 Å². The fraction of sp³-hybridized carbons (Fsp3) is 0.455. The number of rotatable bonds is 2. The number of nitrogen functional groups attached to an aromatic ring is 1. The molecule has 2 aromatic rings. The Balaban J connectivity index is 2.57. The Morgan fingerprint density at radius 2 is 2.06 bits per heavy atom. The first kappa shape index (κ1) is 11.1. The second kappa shape index (κ2) is 3.90. The third-order valence-corrected chi connectivity index (χ3v) is 3.27. The number of anilines is 1. The molecule has 0 amide bonds. The van der Waals surface area contributed by atoms with Gasteiger partial charge in [-0.1, -0.05) is 0 Å². The van der Waals surface area contributed by atoms with Crippen LogP contribution >= 0.6 is 11.3 Å². The number of nitrogens with two attached hydrogens (primary N) is 1. The topological polar surface area (TPSA) is 56.7 Å². The van der Waals surface area contributed by atoms with Gasteiger partial charge in [-0.15, -0.1) is 11.3 Å². The van der Waals surface area contributed by atoms with Crippen molar-refractivity contribution in [3.8, 4) is 11.3 Å². The molecule has 0 radical (unpaired) electrons. The number of aromatic nitrogens is 3. The van der Waals surface area contributed by atoms with E-state index in [1.54, 1.807) is 0 Å². The van der Waals surface area contributed by atoms with Crippen molar-refractivity contribution in [3.63, 3.8) is 0 Å². The highest BCUT2D eigenvalue weighted by molar-refractivity contribution is 7.13. The Labute approximate surface area is 99.1 Å². The molecule has 0 spiro atoms. The number of thiazole rings is 1. The molecule has 0 aromatic carbocycles. The van der Waals surface area contributed by atoms with E-state index in [9.17, 15) is 0 Å². The number of hydrogen-bond donors (Lipinski definition) is 1. The minimum atomic E-state index is 0.364. The second-order valence-electron chi connectivity index (χ2n) is 4.16. The minimum Gasteiger partial charge on any atom is -0.375 e. The molecule has 0 saturated heterocycles. The van der Waals surface area contributed by atoms with Crippen LogP contribution in [0.2, 0.25) is 0 Å². The molecule has 2 aromatic heterocycles. The summed E-state index contributed by atoms with van der Waals surface area (Å²) >= 11 is 1.46. The normalized spacial score (nSPS) is 11.3. The zero-order chi connectivity index (χ0) is 11.9. The Morgan fingerprint density at radius 3 is 2.50 bits per heavy atom. The largest absolute Gasteiger partial charge is 0.375 e. The van der Waals surface area contributed by atoms with Crippen LogP contribution in [0.4, 0.5) is 5.13 Å². The van der Waals surface area contributed by atoms with Crippen molar-refractivity contribution in [1.82, 2.24) is 14.8 Å². The summed E-state index contributed by atoms with van der Waals surface area (Å²) < 4.78 is 2.03. The van der Waals surface area contributed by atoms with Gasteiger partial charge in [0.15, 0.2) is 5.13 Å². The third kappa shape index (κ3) is 1.71. The smallest absolute Gasteiger partial charge is 0.180 e. The highest BCUT2D eigenvalue weighted by Gasteiger charge is 2.16. The highest BCUT2D eigenvalue weighted by atomic mass is 32.1. The van der Waals surface area contributed by atoms with Gasteiger partial charge >= 0.3 is 0 Å². The zero-order valence-electron chi connectivity index (χ0n) is 9.98. The van der Waals surface area contributed by atoms with Crippen LogP contribution in [-0.2, 0) is 0 Å². The quantitative estimate of drug-likeness (QED) is 0.872. The number of aryl methyl sites for hydroxylation is 1. The van der Waals surface area contributed by atoms with E-state index in [0.717, 1.165) is 22.6 Å². The summed E-state index contributed by atoms with van der Waals surface area (Å²) in [6.45, 7) is 8.33. The highest BCUT2D eigenvalue weighted by Crippen LogP contribution is 2.30. The van der Waals surface area contributed by atoms with Crippen molar-refractivity contribution in [2.75, 3.05) is 5.73 Å². The van der Waals surface area contributed by atoms with E-state index in [1.165, 1.54) is 11.3 Å². The van der Waals surface area contributed by atoms with E-state index in [0.29, 0.717) is 11.2 Å². The van der Waals surface area contributed by atoms with Crippen LogP contribution in [0.3, 0.4) is 0 Å². The van der Waals surface area contributed by atoms with Crippen LogP contribution in [-0.4, -0.2) is 14.8 Å². The monoisotopic (exact) mass is 236 g/mol. The summed E-state index contributed by atoms with van der Waals surface area (Å²) in [6, 6.07) is 0.364. The molecule has 4 nitrogen and oxygen atoms in total. The SMILES string of the molecule is Cc1nn(C(C)C)c(C)c1-c1csc(N)n1. The molecule has 86 valence electrons. The second-order valence-corrected chi connectivity index (χ2v) is 5.04. The zero-order valence-corrected chi connectivity index (χ0v) is 10.8. The van der Waals surface area contributed by atoms with Crippen molar-refractivity contribution in [3.05, 3.63) is 16.8 Å². The van der Waals surface area contributed by atoms with Crippen LogP contribution < -0.4 is 5.73 Å². The summed E-state index contributed by atoms with van der Waals surface area (Å²) in [6.07, 6.45) is 0. The van der Waals surface area contributed by atoms with Crippen molar-refractivity contribution < 1.29 is 0 Å². The molecule has 0 unspecified atom stereocenters. The van der Waals surface area contributed by atoms with Gasteiger partial charge in [0.25, 0.3) is 0 Å². The maximum atomic E-state index is 5.66. The van der Waals surface area contributed by atoms with Gasteiger partial charge in [0.2, 0.25) is 0 Å². The van der Waals surface area contributed by atoms with Crippen molar-refractivity contribution in [2.24, 2.45) is 0 Å². The maximum absolute atomic E-state index is 5.66. The predicted octanol–water partition coefficient (Wildman–Crippen LogP) is 2.79. The molecule has 2 rings (SSSR count). The lowest BCUT2D eigenvalue weighted by atomic mass is 10.1. The Morgan fingerprint density at radius 1 is 1.38 bits per heavy atom. The van der Waals surface area contributed by atoms with Gasteiger partial charge in [-0.3, -0.25) is 4.68 Å². The average Bonchev–Trinajstić information content (AvgIpc) is 2.71. The van der Waals surface area contributed by atoms with Gasteiger partial charge in [-0.2, -0.15) is 5.10 Å². The molecule has 0 aliphatic carbocycles. The average molecular weight is 236 g/mol. The van der Waals surface area contributed by atoms with Crippen LogP contribution in [0.15, 0.2) is 5.38 Å². The summed E-state index contributed by atoms with van der Waals surface area (Å²) in [4.78, 5) is 4.32. The van der Waals surface area contributed by atoms with E-state index >= 15 is 0 Å². The van der Waals surface area contributed by atoms with E-state index in [1.807, 2.05) is 17.0 Å². The van der Waals surface area contributed by atoms with E-state index in [2.05, 4.69) is 30.9 Å². The van der Waals surface area contributed by atoms with Crippen LogP contribution in [0.1, 0.15) is 31.3 Å². The number of nitrogens with zero attached hydrogens (tertiary/aromatic N) is 3. The first-order chi connectivity index (χ1) is 7.50. The molecule has 2 heterocycles. The molecule has 2 N–H and O–H groups in total. The van der Waals surface area contributed by atoms with Crippen molar-refractivity contribution in [2.45, 2.75) is 33.7 Å². The fourth-order valence-electron chi connectivity index (χ4n) is 1.94. The van der Waals surface area contributed by atoms with Gasteiger partial charge in [0, 0.05) is 22.7 Å². The van der Waals surface area contributed by atoms with Crippen LogP contribution in [0.25, 0.3) is 11.3 Å². The minimum absolute atomic E-state index is 0.364. The Hall–Kier alpha value is -1.36. The molecule has 0 atom stereocenters. The predicted molar refractivity (Wildman–Crippen MR) is 67.6 cm³/mol. The molecular weight excluding hydrogens is 220 g/mol. The third-order valence-electron chi connectivity index (χ3n) is 2.59. The van der Waals surface area contributed by atoms with Crippen LogP contribution in [0.5, 0.6) is 0 Å². The molecule has 16 heavy (non-hydrogen) atoms.